The molecule has 1 aromatic carbocycles. The maximum atomic E-state index is 11.7. The molecule has 0 aliphatic rings. The Morgan fingerprint density at radius 3 is 2.44 bits per heavy atom. The Balaban J connectivity index is 2.52. The second kappa shape index (κ2) is 6.90. The fraction of sp³-hybridized carbons (Fsp3) is 0.364. The maximum Gasteiger partial charge on any atom is 0.337 e. The summed E-state index contributed by atoms with van der Waals surface area (Å²) < 4.78 is 26.2. The van der Waals surface area contributed by atoms with E-state index in [-0.39, 0.29) is 18.6 Å². The van der Waals surface area contributed by atoms with Gasteiger partial charge in [0.05, 0.1) is 5.02 Å². The first-order valence-corrected chi connectivity index (χ1v) is 7.21. The molecule has 100 valence electrons. The van der Waals surface area contributed by atoms with Crippen LogP contribution in [-0.4, -0.2) is 32.8 Å². The van der Waals surface area contributed by atoms with Gasteiger partial charge in [0.2, 0.25) is 0 Å². The van der Waals surface area contributed by atoms with Crippen molar-refractivity contribution >= 4 is 25.0 Å². The van der Waals surface area contributed by atoms with E-state index < -0.39 is 7.60 Å². The first-order chi connectivity index (χ1) is 8.50. The van der Waals surface area contributed by atoms with Crippen LogP contribution in [0.2, 0.25) is 5.02 Å². The third kappa shape index (κ3) is 4.42. The molecule has 0 aromatic heterocycles. The molecule has 0 radical (unpaired) electrons. The minimum absolute atomic E-state index is 0.236. The average molecular weight is 293 g/mol. The van der Waals surface area contributed by atoms with Gasteiger partial charge in [-0.2, -0.15) is 0 Å². The molecule has 0 aliphatic heterocycles. The van der Waals surface area contributed by atoms with Crippen LogP contribution in [-0.2, 0) is 18.4 Å². The highest BCUT2D eigenvalue weighted by Gasteiger charge is 2.25. The van der Waals surface area contributed by atoms with Crippen molar-refractivity contribution in [3.63, 3.8) is 0 Å². The number of ketones is 1. The monoisotopic (exact) mass is 292 g/mol. The average Bonchev–Trinajstić information content (AvgIpc) is 2.37. The standard InChI is InChI=1S/C11H14ClO5P/c1-15-18(14,16-2)8-9(13)7-17-11-6-4-3-5-10(11)12/h3-6H,7-8H2,1-2H3. The lowest BCUT2D eigenvalue weighted by Gasteiger charge is -2.13. The molecule has 1 aromatic rings. The summed E-state index contributed by atoms with van der Waals surface area (Å²) in [5, 5.41) is 0.409. The molecule has 5 nitrogen and oxygen atoms in total. The fourth-order valence-electron chi connectivity index (χ4n) is 1.19. The van der Waals surface area contributed by atoms with Crippen LogP contribution in [0.1, 0.15) is 0 Å². The van der Waals surface area contributed by atoms with Crippen LogP contribution in [0.4, 0.5) is 0 Å². The van der Waals surface area contributed by atoms with Gasteiger partial charge < -0.3 is 13.8 Å². The van der Waals surface area contributed by atoms with E-state index in [9.17, 15) is 9.36 Å². The first-order valence-electron chi connectivity index (χ1n) is 5.10. The van der Waals surface area contributed by atoms with Crippen molar-refractivity contribution < 1.29 is 23.1 Å². The van der Waals surface area contributed by atoms with E-state index in [0.29, 0.717) is 10.8 Å². The molecule has 0 fully saturated rings. The van der Waals surface area contributed by atoms with Crippen LogP contribution in [0.15, 0.2) is 24.3 Å². The summed E-state index contributed by atoms with van der Waals surface area (Å²) in [6.45, 7) is -0.236. The van der Waals surface area contributed by atoms with E-state index in [4.69, 9.17) is 16.3 Å². The van der Waals surface area contributed by atoms with Crippen LogP contribution in [0.25, 0.3) is 0 Å². The third-order valence-corrected chi connectivity index (χ3v) is 4.32. The van der Waals surface area contributed by atoms with Crippen molar-refractivity contribution in [3.05, 3.63) is 29.3 Å². The largest absolute Gasteiger partial charge is 0.484 e. The summed E-state index contributed by atoms with van der Waals surface area (Å²) in [4.78, 5) is 11.6. The van der Waals surface area contributed by atoms with Crippen LogP contribution < -0.4 is 4.74 Å². The number of carbonyl (C=O) groups excluding carboxylic acids is 1. The summed E-state index contributed by atoms with van der Waals surface area (Å²) in [5.41, 5.74) is 0. The van der Waals surface area contributed by atoms with Gasteiger partial charge in [0, 0.05) is 14.2 Å². The Labute approximate surface area is 111 Å². The molecule has 0 unspecified atom stereocenters. The molecule has 7 heteroatoms. The number of carbonyl (C=O) groups is 1. The first kappa shape index (κ1) is 15.2. The van der Waals surface area contributed by atoms with E-state index in [1.165, 1.54) is 14.2 Å². The van der Waals surface area contributed by atoms with Crippen molar-refractivity contribution in [1.82, 2.24) is 0 Å². The number of rotatable bonds is 7. The van der Waals surface area contributed by atoms with E-state index in [1.54, 1.807) is 24.3 Å². The highest BCUT2D eigenvalue weighted by molar-refractivity contribution is 7.54. The van der Waals surface area contributed by atoms with Gasteiger partial charge in [-0.25, -0.2) is 0 Å². The third-order valence-electron chi connectivity index (χ3n) is 2.15. The minimum Gasteiger partial charge on any atom is -0.484 e. The van der Waals surface area contributed by atoms with Gasteiger partial charge in [0.25, 0.3) is 0 Å². The van der Waals surface area contributed by atoms with Crippen molar-refractivity contribution in [3.8, 4) is 5.75 Å². The van der Waals surface area contributed by atoms with Gasteiger partial charge in [0.1, 0.15) is 18.5 Å². The van der Waals surface area contributed by atoms with Crippen LogP contribution >= 0.6 is 19.2 Å². The molecule has 0 amide bonds. The van der Waals surface area contributed by atoms with Gasteiger partial charge >= 0.3 is 7.60 Å². The number of halogens is 1. The predicted molar refractivity (Wildman–Crippen MR) is 68.4 cm³/mol. The molecule has 0 spiro atoms. The number of hydrogen-bond acceptors (Lipinski definition) is 5. The second-order valence-corrected chi connectivity index (χ2v) is 6.07. The zero-order chi connectivity index (χ0) is 13.6. The lowest BCUT2D eigenvalue weighted by molar-refractivity contribution is -0.118. The van der Waals surface area contributed by atoms with E-state index >= 15 is 0 Å². The second-order valence-electron chi connectivity index (χ2n) is 3.39. The summed E-state index contributed by atoms with van der Waals surface area (Å²) in [6.07, 6.45) is -0.329. The molecule has 0 bridgehead atoms. The molecule has 0 saturated carbocycles. The summed E-state index contributed by atoms with van der Waals surface area (Å²) >= 11 is 5.85. The molecular formula is C11H14ClO5P. The molecule has 0 aliphatic carbocycles. The molecule has 0 atom stereocenters. The Kier molecular flexibility index (Phi) is 5.82. The maximum absolute atomic E-state index is 11.7. The summed E-state index contributed by atoms with van der Waals surface area (Å²) in [6, 6.07) is 6.78. The number of benzene rings is 1. The fourth-order valence-corrected chi connectivity index (χ4v) is 2.31. The number of ether oxygens (including phenoxy) is 1. The van der Waals surface area contributed by atoms with Crippen molar-refractivity contribution in [2.24, 2.45) is 0 Å². The Hall–Kier alpha value is -0.870. The Morgan fingerprint density at radius 1 is 1.28 bits per heavy atom. The van der Waals surface area contributed by atoms with Gasteiger partial charge in [-0.3, -0.25) is 9.36 Å². The summed E-state index contributed by atoms with van der Waals surface area (Å²) in [5.74, 6) is 0.0131. The van der Waals surface area contributed by atoms with Gasteiger partial charge in [-0.05, 0) is 12.1 Å². The van der Waals surface area contributed by atoms with Crippen LogP contribution in [0.3, 0.4) is 0 Å². The highest BCUT2D eigenvalue weighted by Crippen LogP contribution is 2.45. The van der Waals surface area contributed by atoms with Crippen LogP contribution in [0, 0.1) is 0 Å². The molecule has 0 heterocycles. The minimum atomic E-state index is -3.33. The quantitative estimate of drug-likeness (QED) is 0.723. The number of hydrogen-bond donors (Lipinski definition) is 0. The zero-order valence-corrected chi connectivity index (χ0v) is 11.7. The topological polar surface area (TPSA) is 61.8 Å². The van der Waals surface area contributed by atoms with Gasteiger partial charge in [-0.15, -0.1) is 0 Å². The van der Waals surface area contributed by atoms with Gasteiger partial charge in [-0.1, -0.05) is 23.7 Å². The Bertz CT molecular complexity index is 455. The van der Waals surface area contributed by atoms with Crippen molar-refractivity contribution in [2.45, 2.75) is 0 Å². The smallest absolute Gasteiger partial charge is 0.337 e. The Morgan fingerprint density at radius 2 is 1.89 bits per heavy atom. The van der Waals surface area contributed by atoms with E-state index in [2.05, 4.69) is 9.05 Å². The van der Waals surface area contributed by atoms with Gasteiger partial charge in [0.15, 0.2) is 5.78 Å². The number of para-hydroxylation sites is 1. The summed E-state index contributed by atoms with van der Waals surface area (Å²) in [7, 11) is -0.876. The zero-order valence-electron chi connectivity index (χ0n) is 10.1. The lowest BCUT2D eigenvalue weighted by Crippen LogP contribution is -2.16. The van der Waals surface area contributed by atoms with Crippen molar-refractivity contribution in [1.29, 1.82) is 0 Å². The lowest BCUT2D eigenvalue weighted by atomic mass is 10.3. The highest BCUT2D eigenvalue weighted by atomic mass is 35.5. The molecular weight excluding hydrogens is 279 g/mol. The van der Waals surface area contributed by atoms with E-state index in [1.807, 2.05) is 0 Å². The number of Topliss-reactive ketones (excluding diaryl/α,β-unsaturated/α-hetero) is 1. The molecule has 18 heavy (non-hydrogen) atoms. The predicted octanol–water partition coefficient (Wildman–Crippen LogP) is 2.77. The molecule has 0 saturated heterocycles. The normalized spacial score (nSPS) is 11.3. The van der Waals surface area contributed by atoms with Crippen LogP contribution in [0.5, 0.6) is 5.75 Å². The van der Waals surface area contributed by atoms with E-state index in [0.717, 1.165) is 0 Å². The van der Waals surface area contributed by atoms with Crippen molar-refractivity contribution in [2.75, 3.05) is 27.0 Å². The molecule has 1 rings (SSSR count). The SMILES string of the molecule is COP(=O)(CC(=O)COc1ccccc1Cl)OC. The molecule has 0 N–H and O–H groups in total.